The third-order valence-electron chi connectivity index (χ3n) is 4.31. The summed E-state index contributed by atoms with van der Waals surface area (Å²) in [4.78, 5) is 27.5. The molecular formula is C22H14BrClN2O4S. The Bertz CT molecular complexity index is 1270. The number of hydrogen-bond donors (Lipinski definition) is 2. The minimum absolute atomic E-state index is 0.127. The van der Waals surface area contributed by atoms with E-state index in [0.29, 0.717) is 44.1 Å². The highest BCUT2D eigenvalue weighted by molar-refractivity contribution is 9.10. The molecule has 0 bridgehead atoms. The number of aromatic nitrogens is 1. The number of carboxylic acids is 1. The molecule has 4 rings (SSSR count). The average Bonchev–Trinajstić information content (AvgIpc) is 3.38. The van der Waals surface area contributed by atoms with E-state index in [2.05, 4.69) is 26.2 Å². The van der Waals surface area contributed by atoms with Crippen LogP contribution in [0, 0.1) is 0 Å². The summed E-state index contributed by atoms with van der Waals surface area (Å²) < 4.78 is 6.77. The molecule has 4 aromatic rings. The number of carboxylic acid groups (broad SMARTS) is 1. The molecule has 156 valence electrons. The van der Waals surface area contributed by atoms with E-state index in [1.807, 2.05) is 0 Å². The number of anilines is 1. The van der Waals surface area contributed by atoms with Crippen LogP contribution in [0.1, 0.15) is 15.4 Å². The van der Waals surface area contributed by atoms with Crippen LogP contribution in [0.5, 0.6) is 0 Å². The SMILES string of the molecule is O=C(O)Cc1nc(-c2ccc(-c3ccc(NC(=O)c4ccc(Br)cc4)cc3Cl)o2)cs1. The molecule has 2 N–H and O–H groups in total. The lowest BCUT2D eigenvalue weighted by Gasteiger charge is -2.08. The molecule has 0 aliphatic carbocycles. The molecule has 0 atom stereocenters. The summed E-state index contributed by atoms with van der Waals surface area (Å²) in [6.45, 7) is 0. The number of nitrogens with zero attached hydrogens (tertiary/aromatic N) is 1. The third kappa shape index (κ3) is 5.04. The average molecular weight is 518 g/mol. The van der Waals surface area contributed by atoms with Crippen molar-refractivity contribution < 1.29 is 19.1 Å². The van der Waals surface area contributed by atoms with Crippen LogP contribution in [0.2, 0.25) is 5.02 Å². The molecule has 9 heteroatoms. The van der Waals surface area contributed by atoms with Gasteiger partial charge in [0.05, 0.1) is 11.4 Å². The Morgan fingerprint density at radius 3 is 2.55 bits per heavy atom. The van der Waals surface area contributed by atoms with Crippen molar-refractivity contribution in [3.63, 3.8) is 0 Å². The van der Waals surface area contributed by atoms with Crippen LogP contribution in [0.25, 0.3) is 22.8 Å². The van der Waals surface area contributed by atoms with Crippen molar-refractivity contribution >= 4 is 56.4 Å². The Balaban J connectivity index is 1.51. The van der Waals surface area contributed by atoms with Crippen molar-refractivity contribution in [1.29, 1.82) is 0 Å². The van der Waals surface area contributed by atoms with Crippen molar-refractivity contribution in [3.05, 3.63) is 80.0 Å². The summed E-state index contributed by atoms with van der Waals surface area (Å²) in [6.07, 6.45) is -0.127. The van der Waals surface area contributed by atoms with Crippen LogP contribution < -0.4 is 5.32 Å². The molecule has 6 nitrogen and oxygen atoms in total. The Morgan fingerprint density at radius 1 is 1.10 bits per heavy atom. The summed E-state index contributed by atoms with van der Waals surface area (Å²) >= 11 is 11.0. The van der Waals surface area contributed by atoms with E-state index >= 15 is 0 Å². The minimum Gasteiger partial charge on any atom is -0.481 e. The first-order chi connectivity index (χ1) is 14.9. The van der Waals surface area contributed by atoms with E-state index in [0.717, 1.165) is 4.47 Å². The van der Waals surface area contributed by atoms with Crippen LogP contribution >= 0.6 is 38.9 Å². The fraction of sp³-hybridized carbons (Fsp3) is 0.0455. The summed E-state index contributed by atoms with van der Waals surface area (Å²) in [7, 11) is 0. The van der Waals surface area contributed by atoms with Gasteiger partial charge in [-0.25, -0.2) is 4.98 Å². The number of thiazole rings is 1. The second-order valence-electron chi connectivity index (χ2n) is 6.52. The maximum atomic E-state index is 12.4. The molecule has 2 aromatic carbocycles. The van der Waals surface area contributed by atoms with Gasteiger partial charge in [-0.1, -0.05) is 27.5 Å². The van der Waals surface area contributed by atoms with Crippen LogP contribution in [-0.4, -0.2) is 22.0 Å². The van der Waals surface area contributed by atoms with Gasteiger partial charge in [0.15, 0.2) is 5.76 Å². The van der Waals surface area contributed by atoms with Crippen molar-refractivity contribution in [3.8, 4) is 22.8 Å². The van der Waals surface area contributed by atoms with Gasteiger partial charge < -0.3 is 14.8 Å². The number of carbonyl (C=O) groups is 2. The summed E-state index contributed by atoms with van der Waals surface area (Å²) in [5.41, 5.74) is 2.33. The molecule has 0 spiro atoms. The highest BCUT2D eigenvalue weighted by Gasteiger charge is 2.15. The van der Waals surface area contributed by atoms with Gasteiger partial charge in [-0.15, -0.1) is 11.3 Å². The first-order valence-electron chi connectivity index (χ1n) is 9.02. The lowest BCUT2D eigenvalue weighted by Crippen LogP contribution is -2.11. The van der Waals surface area contributed by atoms with Gasteiger partial charge in [-0.05, 0) is 54.6 Å². The first-order valence-corrected chi connectivity index (χ1v) is 11.1. The third-order valence-corrected chi connectivity index (χ3v) is 6.00. The van der Waals surface area contributed by atoms with Gasteiger partial charge in [-0.2, -0.15) is 0 Å². The Morgan fingerprint density at radius 2 is 1.84 bits per heavy atom. The number of rotatable bonds is 6. The summed E-state index contributed by atoms with van der Waals surface area (Å²) in [5.74, 6) is -0.109. The molecule has 0 aliphatic heterocycles. The molecular weight excluding hydrogens is 504 g/mol. The number of nitrogens with one attached hydrogen (secondary N) is 1. The summed E-state index contributed by atoms with van der Waals surface area (Å²) in [5, 5.41) is 14.4. The number of benzene rings is 2. The molecule has 0 fully saturated rings. The van der Waals surface area contributed by atoms with Crippen molar-refractivity contribution in [2.75, 3.05) is 5.32 Å². The zero-order chi connectivity index (χ0) is 22.0. The standard InChI is InChI=1S/C22H14BrClN2O4S/c23-13-3-1-12(2-4-13)22(29)25-14-5-6-15(16(24)9-14)18-7-8-19(30-18)17-11-31-20(26-17)10-21(27)28/h1-9,11H,10H2,(H,25,29)(H,27,28). The minimum atomic E-state index is -0.930. The number of carbonyl (C=O) groups excluding carboxylic acids is 1. The van der Waals surface area contributed by atoms with Crippen LogP contribution in [0.3, 0.4) is 0 Å². The molecule has 0 unspecified atom stereocenters. The fourth-order valence-electron chi connectivity index (χ4n) is 2.85. The first kappa shape index (κ1) is 21.3. The second kappa shape index (κ2) is 9.05. The van der Waals surface area contributed by atoms with Crippen molar-refractivity contribution in [2.45, 2.75) is 6.42 Å². The number of aliphatic carboxylic acids is 1. The highest BCUT2D eigenvalue weighted by Crippen LogP contribution is 2.34. The Kier molecular flexibility index (Phi) is 6.22. The monoisotopic (exact) mass is 516 g/mol. The topological polar surface area (TPSA) is 92.4 Å². The highest BCUT2D eigenvalue weighted by atomic mass is 79.9. The normalized spacial score (nSPS) is 10.8. The second-order valence-corrected chi connectivity index (χ2v) is 8.78. The van der Waals surface area contributed by atoms with Gasteiger partial charge in [0.2, 0.25) is 0 Å². The molecule has 2 heterocycles. The largest absolute Gasteiger partial charge is 0.481 e. The fourth-order valence-corrected chi connectivity index (χ4v) is 4.16. The van der Waals surface area contributed by atoms with Gasteiger partial charge in [0, 0.05) is 26.7 Å². The smallest absolute Gasteiger partial charge is 0.310 e. The van der Waals surface area contributed by atoms with E-state index in [-0.39, 0.29) is 12.3 Å². The molecule has 0 aliphatic rings. The molecule has 0 saturated heterocycles. The van der Waals surface area contributed by atoms with E-state index in [1.165, 1.54) is 11.3 Å². The number of furan rings is 1. The number of halogens is 2. The lowest BCUT2D eigenvalue weighted by atomic mass is 10.1. The zero-order valence-corrected chi connectivity index (χ0v) is 18.9. The molecule has 31 heavy (non-hydrogen) atoms. The predicted molar refractivity (Wildman–Crippen MR) is 124 cm³/mol. The predicted octanol–water partition coefficient (Wildman–Crippen LogP) is 6.37. The number of hydrogen-bond acceptors (Lipinski definition) is 5. The van der Waals surface area contributed by atoms with Gasteiger partial charge in [0.1, 0.15) is 16.5 Å². The maximum Gasteiger partial charge on any atom is 0.310 e. The molecule has 2 aromatic heterocycles. The summed E-state index contributed by atoms with van der Waals surface area (Å²) in [6, 6.07) is 15.7. The van der Waals surface area contributed by atoms with E-state index in [1.54, 1.807) is 60.0 Å². The lowest BCUT2D eigenvalue weighted by molar-refractivity contribution is -0.136. The van der Waals surface area contributed by atoms with Gasteiger partial charge >= 0.3 is 5.97 Å². The number of amides is 1. The molecule has 0 saturated carbocycles. The maximum absolute atomic E-state index is 12.4. The van der Waals surface area contributed by atoms with Gasteiger partial charge in [0.25, 0.3) is 5.91 Å². The van der Waals surface area contributed by atoms with Gasteiger partial charge in [-0.3, -0.25) is 9.59 Å². The van der Waals surface area contributed by atoms with E-state index in [9.17, 15) is 9.59 Å². The van der Waals surface area contributed by atoms with Crippen molar-refractivity contribution in [1.82, 2.24) is 4.98 Å². The molecule has 0 radical (unpaired) electrons. The quantitative estimate of drug-likeness (QED) is 0.310. The van der Waals surface area contributed by atoms with E-state index in [4.69, 9.17) is 21.1 Å². The van der Waals surface area contributed by atoms with Crippen molar-refractivity contribution in [2.24, 2.45) is 0 Å². The van der Waals surface area contributed by atoms with E-state index < -0.39 is 5.97 Å². The molecule has 1 amide bonds. The Labute approximate surface area is 194 Å². The zero-order valence-electron chi connectivity index (χ0n) is 15.8. The van der Waals surface area contributed by atoms with Crippen LogP contribution in [0.4, 0.5) is 5.69 Å². The van der Waals surface area contributed by atoms with Crippen LogP contribution in [-0.2, 0) is 11.2 Å². The Hall–Kier alpha value is -2.94. The van der Waals surface area contributed by atoms with Crippen LogP contribution in [0.15, 0.2) is 68.9 Å².